The Kier molecular flexibility index (Phi) is 2.81. The van der Waals surface area contributed by atoms with E-state index in [1.807, 2.05) is 0 Å². The lowest BCUT2D eigenvalue weighted by molar-refractivity contribution is -0.151. The summed E-state index contributed by atoms with van der Waals surface area (Å²) < 4.78 is 36.4. The van der Waals surface area contributed by atoms with Crippen molar-refractivity contribution in [2.75, 3.05) is 7.11 Å². The molecule has 6 heteroatoms. The van der Waals surface area contributed by atoms with Crippen LogP contribution in [0.5, 0.6) is 0 Å². The average molecular weight is 242 g/mol. The predicted octanol–water partition coefficient (Wildman–Crippen LogP) is 1.92. The largest absolute Gasteiger partial charge is 0.467 e. The number of halogens is 2. The Morgan fingerprint density at radius 1 is 1.53 bits per heavy atom. The minimum absolute atomic E-state index is 0.000755. The fraction of sp³-hybridized carbons (Fsp3) is 0.182. The van der Waals surface area contributed by atoms with Crippen LogP contribution in [0, 0.1) is 11.6 Å². The van der Waals surface area contributed by atoms with Crippen LogP contribution in [0.15, 0.2) is 22.8 Å². The van der Waals surface area contributed by atoms with Crippen molar-refractivity contribution < 1.29 is 27.8 Å². The van der Waals surface area contributed by atoms with Crippen molar-refractivity contribution >= 4 is 16.9 Å². The summed E-state index contributed by atoms with van der Waals surface area (Å²) in [6.07, 6.45) is -0.819. The summed E-state index contributed by atoms with van der Waals surface area (Å²) in [4.78, 5) is 11.1. The number of aliphatic hydroxyl groups excluding tert-OH is 1. The Morgan fingerprint density at radius 3 is 2.88 bits per heavy atom. The SMILES string of the molecule is COC(=O)C(O)c1c(F)cc2occc2c1F. The van der Waals surface area contributed by atoms with Crippen LogP contribution in [0.4, 0.5) is 8.78 Å². The molecule has 1 unspecified atom stereocenters. The Balaban J connectivity index is 2.64. The molecule has 0 radical (unpaired) electrons. The van der Waals surface area contributed by atoms with Crippen LogP contribution in [0.25, 0.3) is 11.0 Å². The topological polar surface area (TPSA) is 59.7 Å². The number of furan rings is 1. The highest BCUT2D eigenvalue weighted by Gasteiger charge is 2.27. The third-order valence-corrected chi connectivity index (χ3v) is 2.38. The lowest BCUT2D eigenvalue weighted by Gasteiger charge is -2.10. The molecule has 2 aromatic rings. The highest BCUT2D eigenvalue weighted by Crippen LogP contribution is 2.29. The van der Waals surface area contributed by atoms with Crippen LogP contribution >= 0.6 is 0 Å². The van der Waals surface area contributed by atoms with Gasteiger partial charge in [0.05, 0.1) is 24.3 Å². The molecule has 0 fully saturated rings. The molecule has 0 spiro atoms. The maximum atomic E-state index is 13.8. The van der Waals surface area contributed by atoms with Gasteiger partial charge in [-0.2, -0.15) is 0 Å². The number of methoxy groups -OCH3 is 1. The van der Waals surface area contributed by atoms with Crippen LogP contribution in [-0.4, -0.2) is 18.2 Å². The quantitative estimate of drug-likeness (QED) is 0.817. The first kappa shape index (κ1) is 11.5. The maximum Gasteiger partial charge on any atom is 0.339 e. The Morgan fingerprint density at radius 2 is 2.24 bits per heavy atom. The normalized spacial score (nSPS) is 12.7. The second-order valence-corrected chi connectivity index (χ2v) is 3.34. The van der Waals surface area contributed by atoms with E-state index in [0.29, 0.717) is 0 Å². The molecule has 4 nitrogen and oxygen atoms in total. The molecule has 0 saturated carbocycles. The van der Waals surface area contributed by atoms with Gasteiger partial charge in [-0.1, -0.05) is 0 Å². The van der Waals surface area contributed by atoms with E-state index in [1.165, 1.54) is 12.3 Å². The van der Waals surface area contributed by atoms with E-state index in [-0.39, 0.29) is 11.0 Å². The molecule has 1 atom stereocenters. The van der Waals surface area contributed by atoms with Crippen LogP contribution in [0.2, 0.25) is 0 Å². The highest BCUT2D eigenvalue weighted by molar-refractivity contribution is 5.82. The molecule has 1 aromatic carbocycles. The number of carbonyl (C=O) groups is 1. The number of benzene rings is 1. The van der Waals surface area contributed by atoms with E-state index in [2.05, 4.69) is 4.74 Å². The van der Waals surface area contributed by atoms with Gasteiger partial charge in [-0.3, -0.25) is 0 Å². The molecule has 90 valence electrons. The molecular weight excluding hydrogens is 234 g/mol. The van der Waals surface area contributed by atoms with E-state index in [4.69, 9.17) is 4.42 Å². The monoisotopic (exact) mass is 242 g/mol. The molecule has 1 heterocycles. The smallest absolute Gasteiger partial charge is 0.339 e. The van der Waals surface area contributed by atoms with Gasteiger partial charge < -0.3 is 14.3 Å². The summed E-state index contributed by atoms with van der Waals surface area (Å²) in [5, 5.41) is 9.45. The fourth-order valence-corrected chi connectivity index (χ4v) is 1.54. The summed E-state index contributed by atoms with van der Waals surface area (Å²) in [5.41, 5.74) is -0.744. The third-order valence-electron chi connectivity index (χ3n) is 2.38. The molecular formula is C11H8F2O4. The van der Waals surface area contributed by atoms with E-state index < -0.39 is 29.3 Å². The number of esters is 1. The highest BCUT2D eigenvalue weighted by atomic mass is 19.1. The number of carbonyl (C=O) groups excluding carboxylic acids is 1. The van der Waals surface area contributed by atoms with E-state index in [1.54, 1.807) is 0 Å². The average Bonchev–Trinajstić information content (AvgIpc) is 2.75. The summed E-state index contributed by atoms with van der Waals surface area (Å²) in [7, 11) is 1.01. The number of hydrogen-bond acceptors (Lipinski definition) is 4. The number of fused-ring (bicyclic) bond motifs is 1. The Hall–Kier alpha value is -1.95. The van der Waals surface area contributed by atoms with Crippen LogP contribution in [0.3, 0.4) is 0 Å². The van der Waals surface area contributed by atoms with Gasteiger partial charge in [0.15, 0.2) is 6.10 Å². The molecule has 0 saturated heterocycles. The summed E-state index contributed by atoms with van der Waals surface area (Å²) >= 11 is 0. The van der Waals surface area contributed by atoms with E-state index >= 15 is 0 Å². The lowest BCUT2D eigenvalue weighted by Crippen LogP contribution is -2.16. The van der Waals surface area contributed by atoms with Crippen molar-refractivity contribution in [2.45, 2.75) is 6.10 Å². The van der Waals surface area contributed by atoms with Gasteiger partial charge in [-0.15, -0.1) is 0 Å². The van der Waals surface area contributed by atoms with Gasteiger partial charge in [-0.05, 0) is 6.07 Å². The van der Waals surface area contributed by atoms with Crippen LogP contribution in [-0.2, 0) is 9.53 Å². The van der Waals surface area contributed by atoms with Crippen molar-refractivity contribution in [1.29, 1.82) is 0 Å². The molecule has 0 aliphatic rings. The van der Waals surface area contributed by atoms with Gasteiger partial charge in [0.1, 0.15) is 17.2 Å². The minimum atomic E-state index is -2.00. The first-order chi connectivity index (χ1) is 8.06. The molecule has 0 amide bonds. The zero-order chi connectivity index (χ0) is 12.6. The number of aliphatic hydroxyl groups is 1. The van der Waals surface area contributed by atoms with Crippen molar-refractivity contribution in [2.24, 2.45) is 0 Å². The first-order valence-corrected chi connectivity index (χ1v) is 4.67. The zero-order valence-electron chi connectivity index (χ0n) is 8.74. The summed E-state index contributed by atoms with van der Waals surface area (Å²) in [6.45, 7) is 0. The van der Waals surface area contributed by atoms with Crippen molar-refractivity contribution in [3.63, 3.8) is 0 Å². The van der Waals surface area contributed by atoms with E-state index in [9.17, 15) is 18.7 Å². The number of hydrogen-bond donors (Lipinski definition) is 1. The van der Waals surface area contributed by atoms with Gasteiger partial charge in [0.2, 0.25) is 0 Å². The number of ether oxygens (including phenoxy) is 1. The fourth-order valence-electron chi connectivity index (χ4n) is 1.54. The third kappa shape index (κ3) is 1.76. The lowest BCUT2D eigenvalue weighted by atomic mass is 10.1. The second kappa shape index (κ2) is 4.14. The first-order valence-electron chi connectivity index (χ1n) is 4.67. The van der Waals surface area contributed by atoms with Crippen molar-refractivity contribution in [3.8, 4) is 0 Å². The Bertz CT molecular complexity index is 576. The molecule has 0 aliphatic heterocycles. The van der Waals surface area contributed by atoms with Crippen molar-refractivity contribution in [3.05, 3.63) is 35.6 Å². The molecule has 0 aliphatic carbocycles. The zero-order valence-corrected chi connectivity index (χ0v) is 8.74. The van der Waals surface area contributed by atoms with Gasteiger partial charge in [0.25, 0.3) is 0 Å². The molecule has 1 aromatic heterocycles. The predicted molar refractivity (Wildman–Crippen MR) is 53.1 cm³/mol. The van der Waals surface area contributed by atoms with Crippen molar-refractivity contribution in [1.82, 2.24) is 0 Å². The summed E-state index contributed by atoms with van der Waals surface area (Å²) in [6, 6.07) is 2.18. The minimum Gasteiger partial charge on any atom is -0.467 e. The van der Waals surface area contributed by atoms with Crippen LogP contribution < -0.4 is 0 Å². The second-order valence-electron chi connectivity index (χ2n) is 3.34. The molecule has 0 bridgehead atoms. The molecule has 17 heavy (non-hydrogen) atoms. The standard InChI is InChI=1S/C11H8F2O4/c1-16-11(15)10(14)8-6(12)4-7-5(9(8)13)2-3-17-7/h2-4,10,14H,1H3. The molecule has 2 rings (SSSR count). The number of rotatable bonds is 2. The van der Waals surface area contributed by atoms with Gasteiger partial charge in [-0.25, -0.2) is 13.6 Å². The van der Waals surface area contributed by atoms with Gasteiger partial charge >= 0.3 is 5.97 Å². The summed E-state index contributed by atoms with van der Waals surface area (Å²) in [5.74, 6) is -3.24. The Labute approximate surface area is 94.4 Å². The molecule has 1 N–H and O–H groups in total. The van der Waals surface area contributed by atoms with Gasteiger partial charge in [0, 0.05) is 6.07 Å². The van der Waals surface area contributed by atoms with E-state index in [0.717, 1.165) is 13.2 Å². The van der Waals surface area contributed by atoms with Crippen LogP contribution in [0.1, 0.15) is 11.7 Å². The maximum absolute atomic E-state index is 13.8.